The molecule has 0 saturated heterocycles. The van der Waals surface area contributed by atoms with E-state index < -0.39 is 0 Å². The number of benzene rings is 2. The number of hydrogen-bond donors (Lipinski definition) is 0. The average Bonchev–Trinajstić information content (AvgIpc) is 2.60. The minimum absolute atomic E-state index is 0.326. The van der Waals surface area contributed by atoms with Gasteiger partial charge in [0, 0.05) is 0 Å². The predicted octanol–water partition coefficient (Wildman–Crippen LogP) is 3.72. The van der Waals surface area contributed by atoms with Crippen LogP contribution in [0.2, 0.25) is 0 Å². The van der Waals surface area contributed by atoms with Crippen molar-refractivity contribution < 1.29 is 9.53 Å². The van der Waals surface area contributed by atoms with E-state index in [9.17, 15) is 4.79 Å². The highest BCUT2D eigenvalue weighted by molar-refractivity contribution is 5.92. The summed E-state index contributed by atoms with van der Waals surface area (Å²) in [7, 11) is 1.39. The molecule has 0 saturated carbocycles. The van der Waals surface area contributed by atoms with E-state index in [2.05, 4.69) is 12.1 Å². The van der Waals surface area contributed by atoms with Gasteiger partial charge in [-0.25, -0.2) is 4.79 Å². The smallest absolute Gasteiger partial charge is 0.337 e. The standard InChI is InChI=1S/C19H15NO2/c1-22-19(21)16-10-9-14-3-2-4-17(18(14)11-16)15-7-5-13(12-20)6-8-15/h4-11H,2-3H2,1H3. The second kappa shape index (κ2) is 5.87. The lowest BCUT2D eigenvalue weighted by Gasteiger charge is -2.19. The predicted molar refractivity (Wildman–Crippen MR) is 84.3 cm³/mol. The molecule has 0 radical (unpaired) electrons. The van der Waals surface area contributed by atoms with Gasteiger partial charge < -0.3 is 4.74 Å². The molecular formula is C19H15NO2. The van der Waals surface area contributed by atoms with Crippen molar-refractivity contribution >= 4 is 11.5 Å². The molecular weight excluding hydrogens is 274 g/mol. The number of ether oxygens (including phenoxy) is 1. The van der Waals surface area contributed by atoms with E-state index >= 15 is 0 Å². The Hall–Kier alpha value is -2.86. The first kappa shape index (κ1) is 14.1. The van der Waals surface area contributed by atoms with Crippen molar-refractivity contribution in [2.24, 2.45) is 0 Å². The Labute approximate surface area is 129 Å². The first-order chi connectivity index (χ1) is 10.7. The van der Waals surface area contributed by atoms with Crippen LogP contribution in [0.4, 0.5) is 0 Å². The summed E-state index contributed by atoms with van der Waals surface area (Å²) in [5.41, 5.74) is 5.67. The van der Waals surface area contributed by atoms with Crippen molar-refractivity contribution in [3.05, 3.63) is 76.4 Å². The van der Waals surface area contributed by atoms with Crippen LogP contribution in [0.1, 0.15) is 39.0 Å². The molecule has 0 aromatic heterocycles. The summed E-state index contributed by atoms with van der Waals surface area (Å²) < 4.78 is 4.80. The molecule has 0 atom stereocenters. The van der Waals surface area contributed by atoms with Gasteiger partial charge in [0.15, 0.2) is 0 Å². The van der Waals surface area contributed by atoms with Gasteiger partial charge in [-0.1, -0.05) is 24.3 Å². The van der Waals surface area contributed by atoms with Gasteiger partial charge in [0.25, 0.3) is 0 Å². The van der Waals surface area contributed by atoms with E-state index in [4.69, 9.17) is 10.00 Å². The zero-order valence-corrected chi connectivity index (χ0v) is 12.3. The molecule has 0 amide bonds. The van der Waals surface area contributed by atoms with Gasteiger partial charge in [-0.05, 0) is 59.4 Å². The molecule has 0 fully saturated rings. The Morgan fingerprint density at radius 2 is 1.95 bits per heavy atom. The van der Waals surface area contributed by atoms with Gasteiger partial charge in [-0.2, -0.15) is 5.26 Å². The van der Waals surface area contributed by atoms with Crippen LogP contribution in [0.15, 0.2) is 48.5 Å². The zero-order chi connectivity index (χ0) is 15.5. The summed E-state index contributed by atoms with van der Waals surface area (Å²) >= 11 is 0. The summed E-state index contributed by atoms with van der Waals surface area (Å²) in [6.45, 7) is 0. The molecule has 1 aliphatic rings. The van der Waals surface area contributed by atoms with Gasteiger partial charge >= 0.3 is 5.97 Å². The maximum Gasteiger partial charge on any atom is 0.337 e. The van der Waals surface area contributed by atoms with E-state index in [0.717, 1.165) is 29.5 Å². The van der Waals surface area contributed by atoms with E-state index in [1.165, 1.54) is 12.7 Å². The van der Waals surface area contributed by atoms with Crippen LogP contribution in [0.5, 0.6) is 0 Å². The van der Waals surface area contributed by atoms with Gasteiger partial charge in [-0.3, -0.25) is 0 Å². The summed E-state index contributed by atoms with van der Waals surface area (Å²) in [6, 6.07) is 15.4. The normalized spacial score (nSPS) is 12.8. The van der Waals surface area contributed by atoms with Crippen molar-refractivity contribution in [2.45, 2.75) is 12.8 Å². The highest BCUT2D eigenvalue weighted by Crippen LogP contribution is 2.32. The Bertz CT molecular complexity index is 795. The average molecular weight is 289 g/mol. The molecule has 0 aliphatic heterocycles. The van der Waals surface area contributed by atoms with Crippen LogP contribution < -0.4 is 0 Å². The molecule has 0 heterocycles. The van der Waals surface area contributed by atoms with E-state index in [0.29, 0.717) is 11.1 Å². The van der Waals surface area contributed by atoms with Crippen molar-refractivity contribution in [3.8, 4) is 6.07 Å². The summed E-state index contributed by atoms with van der Waals surface area (Å²) in [6.07, 6.45) is 4.13. The van der Waals surface area contributed by atoms with Crippen molar-refractivity contribution in [1.29, 1.82) is 5.26 Å². The lowest BCUT2D eigenvalue weighted by atomic mass is 9.86. The number of rotatable bonds is 2. The fourth-order valence-corrected chi connectivity index (χ4v) is 2.77. The third-order valence-corrected chi connectivity index (χ3v) is 3.91. The van der Waals surface area contributed by atoms with Crippen LogP contribution >= 0.6 is 0 Å². The largest absolute Gasteiger partial charge is 0.465 e. The molecule has 0 spiro atoms. The molecule has 108 valence electrons. The fourth-order valence-electron chi connectivity index (χ4n) is 2.77. The van der Waals surface area contributed by atoms with E-state index in [1.807, 2.05) is 42.5 Å². The second-order valence-electron chi connectivity index (χ2n) is 5.21. The highest BCUT2D eigenvalue weighted by atomic mass is 16.5. The molecule has 3 nitrogen and oxygen atoms in total. The number of nitrogens with zero attached hydrogens (tertiary/aromatic N) is 1. The van der Waals surface area contributed by atoms with Gasteiger partial charge in [0.1, 0.15) is 0 Å². The number of esters is 1. The Kier molecular flexibility index (Phi) is 3.76. The molecule has 3 heteroatoms. The van der Waals surface area contributed by atoms with Gasteiger partial charge in [0.2, 0.25) is 0 Å². The molecule has 0 unspecified atom stereocenters. The van der Waals surface area contributed by atoms with Gasteiger partial charge in [-0.15, -0.1) is 0 Å². The molecule has 2 aromatic rings. The first-order valence-electron chi connectivity index (χ1n) is 7.15. The number of carbonyl (C=O) groups excluding carboxylic acids is 1. The molecule has 22 heavy (non-hydrogen) atoms. The maximum atomic E-state index is 11.7. The molecule has 0 N–H and O–H groups in total. The van der Waals surface area contributed by atoms with Crippen LogP contribution in [-0.4, -0.2) is 13.1 Å². The number of methoxy groups -OCH3 is 1. The third-order valence-electron chi connectivity index (χ3n) is 3.91. The number of allylic oxidation sites excluding steroid dienone is 1. The van der Waals surface area contributed by atoms with Crippen LogP contribution in [0, 0.1) is 11.3 Å². The summed E-state index contributed by atoms with van der Waals surface area (Å²) in [5.74, 6) is -0.326. The Balaban J connectivity index is 2.06. The number of fused-ring (bicyclic) bond motifs is 1. The fraction of sp³-hybridized carbons (Fsp3) is 0.158. The number of aryl methyl sites for hydroxylation is 1. The number of hydrogen-bond acceptors (Lipinski definition) is 3. The monoisotopic (exact) mass is 289 g/mol. The van der Waals surface area contributed by atoms with Crippen LogP contribution in [0.25, 0.3) is 5.57 Å². The third kappa shape index (κ3) is 2.51. The molecule has 3 rings (SSSR count). The lowest BCUT2D eigenvalue weighted by molar-refractivity contribution is 0.0600. The van der Waals surface area contributed by atoms with E-state index in [1.54, 1.807) is 0 Å². The SMILES string of the molecule is COC(=O)c1ccc2c(c1)C(c1ccc(C#N)cc1)=CCC2. The molecule has 0 bridgehead atoms. The highest BCUT2D eigenvalue weighted by Gasteiger charge is 2.17. The summed E-state index contributed by atoms with van der Waals surface area (Å²) in [4.78, 5) is 11.7. The maximum absolute atomic E-state index is 11.7. The van der Waals surface area contributed by atoms with Crippen molar-refractivity contribution in [3.63, 3.8) is 0 Å². The lowest BCUT2D eigenvalue weighted by Crippen LogP contribution is -2.06. The van der Waals surface area contributed by atoms with Gasteiger partial charge in [0.05, 0.1) is 24.3 Å². The number of nitriles is 1. The van der Waals surface area contributed by atoms with E-state index in [-0.39, 0.29) is 5.97 Å². The quantitative estimate of drug-likeness (QED) is 0.792. The van der Waals surface area contributed by atoms with Crippen molar-refractivity contribution in [1.82, 2.24) is 0 Å². The van der Waals surface area contributed by atoms with Crippen molar-refractivity contribution in [2.75, 3.05) is 7.11 Å². The molecule has 1 aliphatic carbocycles. The topological polar surface area (TPSA) is 50.1 Å². The first-order valence-corrected chi connectivity index (χ1v) is 7.15. The summed E-state index contributed by atoms with van der Waals surface area (Å²) in [5, 5.41) is 8.91. The Morgan fingerprint density at radius 1 is 1.18 bits per heavy atom. The minimum atomic E-state index is -0.326. The van der Waals surface area contributed by atoms with Crippen LogP contribution in [-0.2, 0) is 11.2 Å². The minimum Gasteiger partial charge on any atom is -0.465 e. The zero-order valence-electron chi connectivity index (χ0n) is 12.3. The molecule has 2 aromatic carbocycles. The van der Waals surface area contributed by atoms with Crippen LogP contribution in [0.3, 0.4) is 0 Å². The number of carbonyl (C=O) groups is 1. The second-order valence-corrected chi connectivity index (χ2v) is 5.21. The Morgan fingerprint density at radius 3 is 2.64 bits per heavy atom.